The van der Waals surface area contributed by atoms with Gasteiger partial charge in [-0.3, -0.25) is 0 Å². The molecule has 0 bridgehead atoms. The van der Waals surface area contributed by atoms with Gasteiger partial charge in [-0.25, -0.2) is 0 Å². The zero-order valence-electron chi connectivity index (χ0n) is 10.8. The Kier molecular flexibility index (Phi) is 6.31. The Labute approximate surface area is 98.8 Å². The highest BCUT2D eigenvalue weighted by Crippen LogP contribution is 2.28. The van der Waals surface area contributed by atoms with Gasteiger partial charge >= 0.3 is 0 Å². The third-order valence-corrected chi connectivity index (χ3v) is 4.48. The van der Waals surface area contributed by atoms with E-state index in [1.807, 2.05) is 25.7 Å². The second kappa shape index (κ2) is 6.40. The summed E-state index contributed by atoms with van der Waals surface area (Å²) in [6.45, 7) is 10.9. The predicted octanol–water partition coefficient (Wildman–Crippen LogP) is 3.04. The van der Waals surface area contributed by atoms with Crippen molar-refractivity contribution in [3.63, 3.8) is 0 Å². The second-order valence-electron chi connectivity index (χ2n) is 4.79. The summed E-state index contributed by atoms with van der Waals surface area (Å²) in [5, 5.41) is 13.3. The van der Waals surface area contributed by atoms with Crippen LogP contribution in [0.3, 0.4) is 0 Å². The molecule has 0 rings (SSSR count). The highest BCUT2D eigenvalue weighted by molar-refractivity contribution is 8.00. The van der Waals surface area contributed by atoms with Gasteiger partial charge in [0.1, 0.15) is 5.54 Å². The minimum atomic E-state index is -0.386. The summed E-state index contributed by atoms with van der Waals surface area (Å²) in [5.74, 6) is 0.695. The molecule has 0 amide bonds. The van der Waals surface area contributed by atoms with Crippen LogP contribution in [0, 0.1) is 17.2 Å². The molecule has 0 aromatic heterocycles. The molecule has 3 unspecified atom stereocenters. The van der Waals surface area contributed by atoms with Crippen LogP contribution in [-0.4, -0.2) is 23.1 Å². The van der Waals surface area contributed by atoms with Gasteiger partial charge in [0.05, 0.1) is 6.07 Å². The van der Waals surface area contributed by atoms with E-state index in [0.29, 0.717) is 16.4 Å². The molecule has 0 fully saturated rings. The van der Waals surface area contributed by atoms with Gasteiger partial charge in [0.15, 0.2) is 0 Å². The fourth-order valence-electron chi connectivity index (χ4n) is 1.35. The normalized spacial score (nSPS) is 19.3. The largest absolute Gasteiger partial charge is 0.303 e. The maximum atomic E-state index is 9.06. The van der Waals surface area contributed by atoms with E-state index in [9.17, 15) is 0 Å². The summed E-state index contributed by atoms with van der Waals surface area (Å²) in [6, 6.07) is 2.34. The van der Waals surface area contributed by atoms with Crippen molar-refractivity contribution in [1.29, 1.82) is 5.26 Å². The third kappa shape index (κ3) is 5.44. The van der Waals surface area contributed by atoms with Crippen LogP contribution >= 0.6 is 11.8 Å². The molecule has 0 aliphatic rings. The van der Waals surface area contributed by atoms with Gasteiger partial charge < -0.3 is 5.32 Å². The molecule has 2 nitrogen and oxygen atoms in total. The number of hydrogen-bond acceptors (Lipinski definition) is 3. The Hall–Kier alpha value is -0.200. The number of thioether (sulfide) groups is 1. The Bertz CT molecular complexity index is 222. The van der Waals surface area contributed by atoms with E-state index in [2.05, 4.69) is 39.1 Å². The van der Waals surface area contributed by atoms with Crippen molar-refractivity contribution >= 4 is 11.8 Å². The quantitative estimate of drug-likeness (QED) is 0.759. The van der Waals surface area contributed by atoms with Gasteiger partial charge in [0.25, 0.3) is 0 Å². The van der Waals surface area contributed by atoms with E-state index >= 15 is 0 Å². The van der Waals surface area contributed by atoms with Gasteiger partial charge in [0.2, 0.25) is 0 Å². The molecule has 0 aliphatic carbocycles. The van der Waals surface area contributed by atoms with Crippen molar-refractivity contribution < 1.29 is 0 Å². The first-order valence-electron chi connectivity index (χ1n) is 5.60. The summed E-state index contributed by atoms with van der Waals surface area (Å²) < 4.78 is 0. The van der Waals surface area contributed by atoms with E-state index in [4.69, 9.17) is 5.26 Å². The van der Waals surface area contributed by atoms with Crippen molar-refractivity contribution in [2.45, 2.75) is 57.1 Å². The molecule has 0 saturated heterocycles. The summed E-state index contributed by atoms with van der Waals surface area (Å²) in [5.41, 5.74) is -0.386. The fraction of sp³-hybridized carbons (Fsp3) is 0.917. The topological polar surface area (TPSA) is 35.8 Å². The number of hydrogen-bond donors (Lipinski definition) is 1. The van der Waals surface area contributed by atoms with E-state index in [1.54, 1.807) is 0 Å². The van der Waals surface area contributed by atoms with Crippen LogP contribution in [-0.2, 0) is 0 Å². The fourth-order valence-corrected chi connectivity index (χ4v) is 2.83. The molecule has 88 valence electrons. The molecule has 0 heterocycles. The van der Waals surface area contributed by atoms with Crippen LogP contribution < -0.4 is 5.32 Å². The predicted molar refractivity (Wildman–Crippen MR) is 69.0 cm³/mol. The lowest BCUT2D eigenvalue weighted by atomic mass is 9.98. The van der Waals surface area contributed by atoms with Crippen LogP contribution in [0.2, 0.25) is 0 Å². The standard InChI is InChI=1S/C12H24N2S/c1-9(2)11(4)15-10(3)7-12(5,8-13)14-6/h9-11,14H,7H2,1-6H3. The highest BCUT2D eigenvalue weighted by atomic mass is 32.2. The molecular weight excluding hydrogens is 204 g/mol. The van der Waals surface area contributed by atoms with Crippen molar-refractivity contribution in [2.75, 3.05) is 7.05 Å². The molecule has 0 aromatic rings. The monoisotopic (exact) mass is 228 g/mol. The van der Waals surface area contributed by atoms with Gasteiger partial charge in [-0.1, -0.05) is 27.7 Å². The Morgan fingerprint density at radius 3 is 2.20 bits per heavy atom. The van der Waals surface area contributed by atoms with Crippen LogP contribution in [0.15, 0.2) is 0 Å². The van der Waals surface area contributed by atoms with Crippen molar-refractivity contribution in [1.82, 2.24) is 5.32 Å². The maximum Gasteiger partial charge on any atom is 0.104 e. The first-order chi connectivity index (χ1) is 6.84. The van der Waals surface area contributed by atoms with Gasteiger partial charge in [0, 0.05) is 10.5 Å². The van der Waals surface area contributed by atoms with Crippen LogP contribution in [0.1, 0.15) is 41.0 Å². The second-order valence-corrected chi connectivity index (χ2v) is 6.61. The molecule has 15 heavy (non-hydrogen) atoms. The molecule has 3 atom stereocenters. The molecule has 0 aliphatic heterocycles. The van der Waals surface area contributed by atoms with E-state index in [-0.39, 0.29) is 5.54 Å². The van der Waals surface area contributed by atoms with Crippen molar-refractivity contribution in [2.24, 2.45) is 5.92 Å². The van der Waals surface area contributed by atoms with Crippen LogP contribution in [0.4, 0.5) is 0 Å². The van der Waals surface area contributed by atoms with E-state index in [0.717, 1.165) is 6.42 Å². The molecular formula is C12H24N2S. The lowest BCUT2D eigenvalue weighted by Crippen LogP contribution is -2.40. The average Bonchev–Trinajstić information content (AvgIpc) is 2.17. The molecule has 0 saturated carbocycles. The van der Waals surface area contributed by atoms with E-state index < -0.39 is 0 Å². The highest BCUT2D eigenvalue weighted by Gasteiger charge is 2.25. The van der Waals surface area contributed by atoms with Crippen LogP contribution in [0.25, 0.3) is 0 Å². The summed E-state index contributed by atoms with van der Waals surface area (Å²) >= 11 is 1.97. The SMILES string of the molecule is CNC(C)(C#N)CC(C)SC(C)C(C)C. The minimum absolute atomic E-state index is 0.386. The zero-order chi connectivity index (χ0) is 12.1. The summed E-state index contributed by atoms with van der Waals surface area (Å²) in [6.07, 6.45) is 0.891. The number of nitrogens with zero attached hydrogens (tertiary/aromatic N) is 1. The van der Waals surface area contributed by atoms with Gasteiger partial charge in [-0.2, -0.15) is 17.0 Å². The van der Waals surface area contributed by atoms with Crippen molar-refractivity contribution in [3.05, 3.63) is 0 Å². The Morgan fingerprint density at radius 2 is 1.87 bits per heavy atom. The third-order valence-electron chi connectivity index (χ3n) is 2.88. The average molecular weight is 228 g/mol. The molecule has 1 N–H and O–H groups in total. The van der Waals surface area contributed by atoms with E-state index in [1.165, 1.54) is 0 Å². The minimum Gasteiger partial charge on any atom is -0.303 e. The lowest BCUT2D eigenvalue weighted by Gasteiger charge is -2.27. The summed E-state index contributed by atoms with van der Waals surface area (Å²) in [4.78, 5) is 0. The maximum absolute atomic E-state index is 9.06. The van der Waals surface area contributed by atoms with Crippen LogP contribution in [0.5, 0.6) is 0 Å². The molecule has 0 radical (unpaired) electrons. The summed E-state index contributed by atoms with van der Waals surface area (Å²) in [7, 11) is 1.85. The van der Waals surface area contributed by atoms with Gasteiger partial charge in [-0.05, 0) is 26.3 Å². The van der Waals surface area contributed by atoms with Gasteiger partial charge in [-0.15, -0.1) is 0 Å². The number of nitriles is 1. The Balaban J connectivity index is 4.14. The first-order valence-corrected chi connectivity index (χ1v) is 6.54. The molecule has 0 aromatic carbocycles. The number of nitrogens with one attached hydrogen (secondary N) is 1. The smallest absolute Gasteiger partial charge is 0.104 e. The first kappa shape index (κ1) is 14.8. The van der Waals surface area contributed by atoms with Crippen molar-refractivity contribution in [3.8, 4) is 6.07 Å². The molecule has 3 heteroatoms. The lowest BCUT2D eigenvalue weighted by molar-refractivity contribution is 0.454. The Morgan fingerprint density at radius 1 is 1.33 bits per heavy atom. The number of rotatable bonds is 6. The zero-order valence-corrected chi connectivity index (χ0v) is 11.6. The molecule has 0 spiro atoms.